The molecule has 2 heteroatoms. The number of nitriles is 1. The Labute approximate surface area is 75.2 Å². The molecule has 0 aromatic heterocycles. The van der Waals surface area contributed by atoms with Crippen molar-refractivity contribution in [3.05, 3.63) is 0 Å². The molecule has 70 valence electrons. The second-order valence-electron chi connectivity index (χ2n) is 3.62. The van der Waals surface area contributed by atoms with Gasteiger partial charge in [-0.3, -0.25) is 0 Å². The van der Waals surface area contributed by atoms with Crippen molar-refractivity contribution in [3.8, 4) is 6.07 Å². The topological polar surface area (TPSA) is 44.0 Å². The maximum Gasteiger partial charge on any atom is 0.151 e. The predicted octanol–water partition coefficient (Wildman–Crippen LogP) is 2.33. The highest BCUT2D eigenvalue weighted by atomic mass is 16.3. The molecular weight excluding hydrogens is 150 g/mol. The van der Waals surface area contributed by atoms with Gasteiger partial charge >= 0.3 is 0 Å². The third-order valence-corrected chi connectivity index (χ3v) is 2.87. The van der Waals surface area contributed by atoms with Crippen molar-refractivity contribution >= 4 is 0 Å². The molecule has 0 fully saturated rings. The molecule has 0 saturated carbocycles. The van der Waals surface area contributed by atoms with Gasteiger partial charge in [-0.05, 0) is 12.8 Å². The molecule has 0 radical (unpaired) electrons. The molecule has 0 saturated heterocycles. The van der Waals surface area contributed by atoms with Crippen molar-refractivity contribution in [3.63, 3.8) is 0 Å². The summed E-state index contributed by atoms with van der Waals surface area (Å²) in [7, 11) is 0. The first-order valence-electron chi connectivity index (χ1n) is 4.63. The van der Waals surface area contributed by atoms with Crippen LogP contribution < -0.4 is 0 Å². The molecule has 0 amide bonds. The smallest absolute Gasteiger partial charge is 0.151 e. The fourth-order valence-corrected chi connectivity index (χ4v) is 1.56. The van der Waals surface area contributed by atoms with Crippen LogP contribution in [0.15, 0.2) is 0 Å². The summed E-state index contributed by atoms with van der Waals surface area (Å²) in [6, 6.07) is 1.95. The van der Waals surface area contributed by atoms with Gasteiger partial charge in [0.05, 0.1) is 6.07 Å². The van der Waals surface area contributed by atoms with Crippen molar-refractivity contribution in [1.82, 2.24) is 0 Å². The molecule has 1 unspecified atom stereocenters. The summed E-state index contributed by atoms with van der Waals surface area (Å²) in [5.41, 5.74) is -1.17. The van der Waals surface area contributed by atoms with Crippen molar-refractivity contribution < 1.29 is 5.11 Å². The number of hydrogen-bond acceptors (Lipinski definition) is 2. The molecular formula is C10H19NO. The summed E-state index contributed by atoms with van der Waals surface area (Å²) >= 11 is 0. The van der Waals surface area contributed by atoms with Gasteiger partial charge in [-0.2, -0.15) is 5.26 Å². The summed E-state index contributed by atoms with van der Waals surface area (Å²) in [6.45, 7) is 7.73. The zero-order valence-corrected chi connectivity index (χ0v) is 8.46. The molecule has 2 atom stereocenters. The van der Waals surface area contributed by atoms with E-state index in [1.807, 2.05) is 13.0 Å². The van der Waals surface area contributed by atoms with E-state index in [9.17, 15) is 5.11 Å². The normalized spacial score (nSPS) is 18.4. The zero-order chi connectivity index (χ0) is 9.78. The summed E-state index contributed by atoms with van der Waals surface area (Å²) in [5.74, 6) is 0.497. The van der Waals surface area contributed by atoms with Gasteiger partial charge in [0.15, 0.2) is 5.60 Å². The van der Waals surface area contributed by atoms with E-state index in [0.29, 0.717) is 5.92 Å². The lowest BCUT2D eigenvalue weighted by Crippen LogP contribution is -2.35. The molecule has 0 rings (SSSR count). The average molecular weight is 169 g/mol. The van der Waals surface area contributed by atoms with Gasteiger partial charge < -0.3 is 5.11 Å². The molecule has 0 aliphatic carbocycles. The monoisotopic (exact) mass is 169 g/mol. The van der Waals surface area contributed by atoms with E-state index in [0.717, 1.165) is 12.8 Å². The Bertz CT molecular complexity index is 165. The van der Waals surface area contributed by atoms with E-state index >= 15 is 0 Å². The SMILES string of the molecule is CCC(CC)C(C)[C@](C)(O)C#N. The molecule has 0 bridgehead atoms. The Kier molecular flexibility index (Phi) is 4.26. The van der Waals surface area contributed by atoms with Crippen molar-refractivity contribution in [2.75, 3.05) is 0 Å². The summed E-state index contributed by atoms with van der Waals surface area (Å²) < 4.78 is 0. The van der Waals surface area contributed by atoms with Crippen LogP contribution in [-0.4, -0.2) is 10.7 Å². The van der Waals surface area contributed by atoms with Crippen LogP contribution >= 0.6 is 0 Å². The molecule has 0 aliphatic heterocycles. The minimum atomic E-state index is -1.17. The minimum Gasteiger partial charge on any atom is -0.375 e. The third-order valence-electron chi connectivity index (χ3n) is 2.87. The van der Waals surface area contributed by atoms with E-state index in [1.165, 1.54) is 0 Å². The first-order chi connectivity index (χ1) is 5.49. The van der Waals surface area contributed by atoms with Crippen molar-refractivity contribution in [1.29, 1.82) is 5.26 Å². The number of aliphatic hydroxyl groups is 1. The Balaban J connectivity index is 4.37. The molecule has 0 aromatic rings. The molecule has 0 heterocycles. The second-order valence-corrected chi connectivity index (χ2v) is 3.62. The summed E-state index contributed by atoms with van der Waals surface area (Å²) in [5, 5.41) is 18.4. The minimum absolute atomic E-state index is 0.0532. The van der Waals surface area contributed by atoms with Gasteiger partial charge in [0.25, 0.3) is 0 Å². The van der Waals surface area contributed by atoms with E-state index in [-0.39, 0.29) is 5.92 Å². The predicted molar refractivity (Wildman–Crippen MR) is 49.5 cm³/mol. The first-order valence-corrected chi connectivity index (χ1v) is 4.63. The Hall–Kier alpha value is -0.550. The van der Waals surface area contributed by atoms with E-state index in [2.05, 4.69) is 13.8 Å². The molecule has 2 nitrogen and oxygen atoms in total. The van der Waals surface area contributed by atoms with Crippen molar-refractivity contribution in [2.45, 2.75) is 46.1 Å². The van der Waals surface area contributed by atoms with Gasteiger partial charge in [-0.1, -0.05) is 33.6 Å². The molecule has 1 N–H and O–H groups in total. The molecule has 0 aromatic carbocycles. The lowest BCUT2D eigenvalue weighted by atomic mass is 9.79. The van der Waals surface area contributed by atoms with Gasteiger partial charge in [-0.25, -0.2) is 0 Å². The van der Waals surface area contributed by atoms with Crippen LogP contribution in [0.25, 0.3) is 0 Å². The van der Waals surface area contributed by atoms with E-state index in [4.69, 9.17) is 5.26 Å². The third kappa shape index (κ3) is 2.49. The van der Waals surface area contributed by atoms with Crippen LogP contribution in [0.4, 0.5) is 0 Å². The average Bonchev–Trinajstić information content (AvgIpc) is 2.06. The van der Waals surface area contributed by atoms with Crippen LogP contribution in [0.5, 0.6) is 0 Å². The Morgan fingerprint density at radius 3 is 2.08 bits per heavy atom. The van der Waals surface area contributed by atoms with Gasteiger partial charge in [0, 0.05) is 5.92 Å². The fraction of sp³-hybridized carbons (Fsp3) is 0.900. The van der Waals surface area contributed by atoms with Crippen LogP contribution in [0, 0.1) is 23.2 Å². The standard InChI is InChI=1S/C10H19NO/c1-5-9(6-2)8(3)10(4,12)7-11/h8-9,12H,5-6H2,1-4H3/t8?,10-/m1/s1. The lowest BCUT2D eigenvalue weighted by Gasteiger charge is -2.29. The lowest BCUT2D eigenvalue weighted by molar-refractivity contribution is 0.0301. The van der Waals surface area contributed by atoms with E-state index in [1.54, 1.807) is 6.92 Å². The van der Waals surface area contributed by atoms with Crippen LogP contribution in [0.1, 0.15) is 40.5 Å². The van der Waals surface area contributed by atoms with Crippen molar-refractivity contribution in [2.24, 2.45) is 11.8 Å². The quantitative estimate of drug-likeness (QED) is 0.656. The van der Waals surface area contributed by atoms with Gasteiger partial charge in [0.1, 0.15) is 0 Å². The van der Waals surface area contributed by atoms with E-state index < -0.39 is 5.60 Å². The second kappa shape index (κ2) is 4.47. The molecule has 0 aliphatic rings. The molecule has 12 heavy (non-hydrogen) atoms. The largest absolute Gasteiger partial charge is 0.375 e. The number of hydrogen-bond donors (Lipinski definition) is 1. The number of rotatable bonds is 4. The Morgan fingerprint density at radius 1 is 1.42 bits per heavy atom. The number of nitrogens with zero attached hydrogens (tertiary/aromatic N) is 1. The highest BCUT2D eigenvalue weighted by Crippen LogP contribution is 2.28. The van der Waals surface area contributed by atoms with Crippen LogP contribution in [0.2, 0.25) is 0 Å². The zero-order valence-electron chi connectivity index (χ0n) is 8.46. The summed E-state index contributed by atoms with van der Waals surface area (Å²) in [4.78, 5) is 0. The maximum absolute atomic E-state index is 9.66. The highest BCUT2D eigenvalue weighted by Gasteiger charge is 2.32. The Morgan fingerprint density at radius 2 is 1.83 bits per heavy atom. The van der Waals surface area contributed by atoms with Crippen LogP contribution in [0.3, 0.4) is 0 Å². The fourth-order valence-electron chi connectivity index (χ4n) is 1.56. The maximum atomic E-state index is 9.66. The highest BCUT2D eigenvalue weighted by molar-refractivity contribution is 5.01. The first kappa shape index (κ1) is 11.4. The van der Waals surface area contributed by atoms with Gasteiger partial charge in [-0.15, -0.1) is 0 Å². The van der Waals surface area contributed by atoms with Crippen LogP contribution in [-0.2, 0) is 0 Å². The summed E-state index contributed by atoms with van der Waals surface area (Å²) in [6.07, 6.45) is 2.05. The molecule has 0 spiro atoms. The van der Waals surface area contributed by atoms with Gasteiger partial charge in [0.2, 0.25) is 0 Å².